The molecule has 1 aromatic rings. The van der Waals surface area contributed by atoms with Gasteiger partial charge in [-0.2, -0.15) is 11.8 Å². The first-order valence-corrected chi connectivity index (χ1v) is 9.19. The third kappa shape index (κ3) is 4.97. The number of rotatable bonds is 9. The second-order valence-corrected chi connectivity index (χ2v) is 6.96. The molecule has 0 amide bonds. The Bertz CT molecular complexity index is 517. The number of nitrogens with one attached hydrogen (secondary N) is 1. The van der Waals surface area contributed by atoms with Gasteiger partial charge < -0.3 is 9.84 Å². The third-order valence-corrected chi connectivity index (χ3v) is 4.96. The highest BCUT2D eigenvalue weighted by molar-refractivity contribution is 7.98. The summed E-state index contributed by atoms with van der Waals surface area (Å²) in [5.74, 6) is 1.27. The van der Waals surface area contributed by atoms with Crippen LogP contribution in [0.25, 0.3) is 0 Å². The second-order valence-electron chi connectivity index (χ2n) is 4.24. The van der Waals surface area contributed by atoms with Crippen molar-refractivity contribution >= 4 is 21.8 Å². The maximum atomic E-state index is 12.2. The van der Waals surface area contributed by atoms with Crippen LogP contribution in [-0.2, 0) is 16.6 Å². The Hall–Kier alpha value is -0.760. The van der Waals surface area contributed by atoms with E-state index < -0.39 is 10.0 Å². The Morgan fingerprint density at radius 2 is 2.10 bits per heavy atom. The lowest BCUT2D eigenvalue weighted by Gasteiger charge is -2.11. The molecular weight excluding hydrogens is 298 g/mol. The van der Waals surface area contributed by atoms with Gasteiger partial charge in [0.1, 0.15) is 10.6 Å². The Morgan fingerprint density at radius 3 is 2.70 bits per heavy atom. The molecule has 1 aromatic carbocycles. The molecule has 114 valence electrons. The molecule has 0 aliphatic rings. The number of sulfonamides is 1. The zero-order valence-electron chi connectivity index (χ0n) is 11.8. The molecule has 0 unspecified atom stereocenters. The van der Waals surface area contributed by atoms with E-state index in [1.54, 1.807) is 17.8 Å². The van der Waals surface area contributed by atoms with E-state index in [-0.39, 0.29) is 17.3 Å². The highest BCUT2D eigenvalue weighted by Gasteiger charge is 2.19. The molecule has 20 heavy (non-hydrogen) atoms. The fourth-order valence-corrected chi connectivity index (χ4v) is 3.40. The number of methoxy groups -OCH3 is 1. The quantitative estimate of drug-likeness (QED) is 0.676. The van der Waals surface area contributed by atoms with Crippen LogP contribution in [0, 0.1) is 0 Å². The maximum absolute atomic E-state index is 12.2. The van der Waals surface area contributed by atoms with Crippen LogP contribution in [0.2, 0.25) is 0 Å². The first kappa shape index (κ1) is 17.3. The van der Waals surface area contributed by atoms with E-state index in [2.05, 4.69) is 4.72 Å². The van der Waals surface area contributed by atoms with Gasteiger partial charge in [0.25, 0.3) is 0 Å². The number of aliphatic hydroxyl groups excluding tert-OH is 1. The van der Waals surface area contributed by atoms with Crippen molar-refractivity contribution < 1.29 is 18.3 Å². The average Bonchev–Trinajstić information content (AvgIpc) is 2.46. The van der Waals surface area contributed by atoms with Gasteiger partial charge in [0, 0.05) is 6.54 Å². The van der Waals surface area contributed by atoms with Crippen molar-refractivity contribution in [3.8, 4) is 5.75 Å². The van der Waals surface area contributed by atoms with E-state index >= 15 is 0 Å². The van der Waals surface area contributed by atoms with Gasteiger partial charge in [-0.15, -0.1) is 0 Å². The molecule has 0 aromatic heterocycles. The van der Waals surface area contributed by atoms with E-state index in [1.165, 1.54) is 19.2 Å². The van der Waals surface area contributed by atoms with Crippen molar-refractivity contribution in [2.24, 2.45) is 0 Å². The minimum atomic E-state index is -3.58. The molecule has 0 saturated heterocycles. The van der Waals surface area contributed by atoms with Crippen LogP contribution in [0.15, 0.2) is 23.1 Å². The lowest BCUT2D eigenvalue weighted by Crippen LogP contribution is -2.25. The summed E-state index contributed by atoms with van der Waals surface area (Å²) in [4.78, 5) is 0.0991. The van der Waals surface area contributed by atoms with E-state index in [0.717, 1.165) is 18.6 Å². The molecule has 1 rings (SSSR count). The number of unbranched alkanes of at least 4 members (excludes halogenated alkanes) is 1. The van der Waals surface area contributed by atoms with Gasteiger partial charge in [0.05, 0.1) is 13.7 Å². The third-order valence-electron chi connectivity index (χ3n) is 2.77. The zero-order chi connectivity index (χ0) is 15.0. The number of ether oxygens (including phenoxy) is 1. The molecule has 5 nitrogen and oxygen atoms in total. The van der Waals surface area contributed by atoms with Crippen molar-refractivity contribution in [1.82, 2.24) is 4.72 Å². The summed E-state index contributed by atoms with van der Waals surface area (Å²) in [6.07, 6.45) is 3.80. The van der Waals surface area contributed by atoms with E-state index in [0.29, 0.717) is 12.1 Å². The Kier molecular flexibility index (Phi) is 7.36. The lowest BCUT2D eigenvalue weighted by molar-refractivity contribution is 0.280. The van der Waals surface area contributed by atoms with E-state index in [4.69, 9.17) is 9.84 Å². The van der Waals surface area contributed by atoms with Crippen LogP contribution in [-0.4, -0.2) is 39.2 Å². The van der Waals surface area contributed by atoms with Crippen LogP contribution >= 0.6 is 11.8 Å². The number of thioether (sulfide) groups is 1. The molecule has 2 N–H and O–H groups in total. The fourth-order valence-electron chi connectivity index (χ4n) is 1.69. The molecule has 0 aliphatic carbocycles. The van der Waals surface area contributed by atoms with Gasteiger partial charge >= 0.3 is 0 Å². The maximum Gasteiger partial charge on any atom is 0.244 e. The highest BCUT2D eigenvalue weighted by atomic mass is 32.2. The molecule has 0 saturated carbocycles. The van der Waals surface area contributed by atoms with Crippen LogP contribution in [0.1, 0.15) is 18.4 Å². The molecule has 0 heterocycles. The number of hydrogen-bond acceptors (Lipinski definition) is 5. The smallest absolute Gasteiger partial charge is 0.244 e. The molecule has 7 heteroatoms. The zero-order valence-corrected chi connectivity index (χ0v) is 13.4. The van der Waals surface area contributed by atoms with Crippen LogP contribution in [0.3, 0.4) is 0 Å². The molecule has 0 atom stereocenters. The number of aliphatic hydroxyl groups is 1. The van der Waals surface area contributed by atoms with Crippen molar-refractivity contribution in [3.05, 3.63) is 23.8 Å². The van der Waals surface area contributed by atoms with Crippen molar-refractivity contribution in [1.29, 1.82) is 0 Å². The Labute approximate surface area is 124 Å². The largest absolute Gasteiger partial charge is 0.495 e. The van der Waals surface area contributed by atoms with Crippen molar-refractivity contribution in [2.75, 3.05) is 25.7 Å². The topological polar surface area (TPSA) is 75.6 Å². The summed E-state index contributed by atoms with van der Waals surface area (Å²) < 4.78 is 32.0. The van der Waals surface area contributed by atoms with Crippen LogP contribution in [0.5, 0.6) is 5.75 Å². The monoisotopic (exact) mass is 319 g/mol. The van der Waals surface area contributed by atoms with Gasteiger partial charge in [0.2, 0.25) is 10.0 Å². The SMILES string of the molecule is COc1cc(CO)ccc1S(=O)(=O)NCCCCSC. The van der Waals surface area contributed by atoms with Crippen molar-refractivity contribution in [3.63, 3.8) is 0 Å². The summed E-state index contributed by atoms with van der Waals surface area (Å²) in [6.45, 7) is 0.257. The number of benzene rings is 1. The number of hydrogen-bond donors (Lipinski definition) is 2. The van der Waals surface area contributed by atoms with Gasteiger partial charge in [-0.05, 0) is 42.5 Å². The molecule has 0 radical (unpaired) electrons. The van der Waals surface area contributed by atoms with Gasteiger partial charge in [0.15, 0.2) is 0 Å². The summed E-state index contributed by atoms with van der Waals surface area (Å²) in [5.41, 5.74) is 0.612. The van der Waals surface area contributed by atoms with Gasteiger partial charge in [-0.25, -0.2) is 13.1 Å². The summed E-state index contributed by atoms with van der Waals surface area (Å²) in [5, 5.41) is 9.05. The Balaban J connectivity index is 2.76. The van der Waals surface area contributed by atoms with Crippen molar-refractivity contribution in [2.45, 2.75) is 24.3 Å². The lowest BCUT2D eigenvalue weighted by atomic mass is 10.2. The summed E-state index contributed by atoms with van der Waals surface area (Å²) in [7, 11) is -2.17. The summed E-state index contributed by atoms with van der Waals surface area (Å²) >= 11 is 1.75. The van der Waals surface area contributed by atoms with Crippen LogP contribution in [0.4, 0.5) is 0 Å². The Morgan fingerprint density at radius 1 is 1.35 bits per heavy atom. The second kappa shape index (κ2) is 8.51. The standard InChI is InChI=1S/C13H21NO4S2/c1-18-12-9-11(10-15)5-6-13(12)20(16,17)14-7-3-4-8-19-2/h5-6,9,14-15H,3-4,7-8,10H2,1-2H3. The minimum absolute atomic E-state index is 0.0991. The molecule has 0 bridgehead atoms. The predicted molar refractivity (Wildman–Crippen MR) is 81.7 cm³/mol. The normalized spacial score (nSPS) is 11.6. The summed E-state index contributed by atoms with van der Waals surface area (Å²) in [6, 6.07) is 4.56. The fraction of sp³-hybridized carbons (Fsp3) is 0.538. The van der Waals surface area contributed by atoms with Gasteiger partial charge in [-0.3, -0.25) is 0 Å². The first-order chi connectivity index (χ1) is 9.55. The minimum Gasteiger partial charge on any atom is -0.495 e. The molecule has 0 spiro atoms. The molecular formula is C13H21NO4S2. The molecule has 0 aliphatic heterocycles. The first-order valence-electron chi connectivity index (χ1n) is 6.31. The van der Waals surface area contributed by atoms with E-state index in [1.807, 2.05) is 6.26 Å². The average molecular weight is 319 g/mol. The predicted octanol–water partition coefficient (Wildman–Crippen LogP) is 1.61. The van der Waals surface area contributed by atoms with Gasteiger partial charge in [-0.1, -0.05) is 6.07 Å². The van der Waals surface area contributed by atoms with Crippen LogP contribution < -0.4 is 9.46 Å². The highest BCUT2D eigenvalue weighted by Crippen LogP contribution is 2.24. The van der Waals surface area contributed by atoms with E-state index in [9.17, 15) is 8.42 Å². The molecule has 0 fully saturated rings.